The van der Waals surface area contributed by atoms with Crippen molar-refractivity contribution >= 4 is 17.5 Å². The molecule has 6 N–H and O–H groups in total. The first-order chi connectivity index (χ1) is 9.47. The minimum absolute atomic E-state index is 0.0192. The number of nitrogens with two attached hydrogens (primary N) is 3. The van der Waals surface area contributed by atoms with Gasteiger partial charge in [-0.15, -0.1) is 0 Å². The molecule has 0 atom stereocenters. The second kappa shape index (κ2) is 5.68. The van der Waals surface area contributed by atoms with Gasteiger partial charge in [0.25, 0.3) is 0 Å². The summed E-state index contributed by atoms with van der Waals surface area (Å²) in [5, 5.41) is 0. The monoisotopic (exact) mass is 279 g/mol. The fourth-order valence-electron chi connectivity index (χ4n) is 2.13. The quantitative estimate of drug-likeness (QED) is 0.565. The number of benzene rings is 1. The maximum absolute atomic E-state index is 13.6. The van der Waals surface area contributed by atoms with Gasteiger partial charge >= 0.3 is 0 Å². The average Bonchev–Trinajstić information content (AvgIpc) is 2.71. The lowest BCUT2D eigenvalue weighted by Crippen LogP contribution is -2.26. The normalized spacial score (nSPS) is 13.9. The second-order valence-electron chi connectivity index (χ2n) is 4.37. The molecule has 0 fully saturated rings. The molecule has 0 amide bonds. The van der Waals surface area contributed by atoms with Gasteiger partial charge in [-0.05, 0) is 35.6 Å². The van der Waals surface area contributed by atoms with E-state index in [4.69, 9.17) is 17.2 Å². The number of nitrogens with zero attached hydrogens (tertiary/aromatic N) is 2. The smallest absolute Gasteiger partial charge is 0.218 e. The van der Waals surface area contributed by atoms with E-state index in [1.54, 1.807) is 0 Å². The Kier molecular flexibility index (Phi) is 3.97. The molecule has 0 bridgehead atoms. The highest BCUT2D eigenvalue weighted by Crippen LogP contribution is 2.32. The summed E-state index contributed by atoms with van der Waals surface area (Å²) in [5.74, 6) is -1.29. The van der Waals surface area contributed by atoms with Crippen LogP contribution in [0.15, 0.2) is 28.2 Å². The summed E-state index contributed by atoms with van der Waals surface area (Å²) >= 11 is 0. The Morgan fingerprint density at radius 3 is 2.65 bits per heavy atom. The molecule has 0 heterocycles. The molecule has 1 aromatic carbocycles. The van der Waals surface area contributed by atoms with Crippen molar-refractivity contribution in [2.24, 2.45) is 27.2 Å². The second-order valence-corrected chi connectivity index (χ2v) is 4.37. The van der Waals surface area contributed by atoms with Crippen molar-refractivity contribution < 1.29 is 8.78 Å². The summed E-state index contributed by atoms with van der Waals surface area (Å²) in [5.41, 5.74) is 17.7. The van der Waals surface area contributed by atoms with E-state index in [1.807, 2.05) is 6.08 Å². The Morgan fingerprint density at radius 1 is 1.20 bits per heavy atom. The predicted molar refractivity (Wildman–Crippen MR) is 75.0 cm³/mol. The highest BCUT2D eigenvalue weighted by molar-refractivity contribution is 5.92. The maximum Gasteiger partial charge on any atom is 0.218 e. The van der Waals surface area contributed by atoms with E-state index >= 15 is 0 Å². The number of halogens is 2. The zero-order valence-electron chi connectivity index (χ0n) is 10.7. The topological polar surface area (TPSA) is 103 Å². The van der Waals surface area contributed by atoms with E-state index in [0.717, 1.165) is 11.6 Å². The molecular formula is C13H15F2N5. The van der Waals surface area contributed by atoms with Crippen LogP contribution in [-0.2, 0) is 6.42 Å². The Hall–Kier alpha value is -2.44. The van der Waals surface area contributed by atoms with Gasteiger partial charge in [-0.1, -0.05) is 6.08 Å². The molecule has 106 valence electrons. The summed E-state index contributed by atoms with van der Waals surface area (Å²) in [6.07, 6.45) is 2.83. The van der Waals surface area contributed by atoms with Gasteiger partial charge in [0.1, 0.15) is 11.6 Å². The molecule has 1 aliphatic rings. The first-order valence-electron chi connectivity index (χ1n) is 6.04. The highest BCUT2D eigenvalue weighted by Gasteiger charge is 2.18. The standard InChI is InChI=1S/C13H15F2N5/c14-8-5-10-7(1-2-9(10)11(15)6-8)3-4-19-13(18)20-12(16)17/h1,5-6H,2-4H2,(H6,16,17,18,19,20). The van der Waals surface area contributed by atoms with E-state index in [1.165, 1.54) is 6.07 Å². The Balaban J connectivity index is 2.07. The zero-order valence-corrected chi connectivity index (χ0v) is 10.7. The number of hydrogen-bond donors (Lipinski definition) is 3. The Labute approximate surface area is 114 Å². The first kappa shape index (κ1) is 14.0. The molecule has 2 rings (SSSR count). The van der Waals surface area contributed by atoms with Gasteiger partial charge in [-0.25, -0.2) is 8.78 Å². The number of aliphatic imine (C=N–C) groups is 2. The highest BCUT2D eigenvalue weighted by atomic mass is 19.1. The number of allylic oxidation sites excluding steroid dienone is 1. The molecule has 1 aliphatic carbocycles. The van der Waals surface area contributed by atoms with Crippen LogP contribution in [0.2, 0.25) is 0 Å². The molecule has 1 aromatic rings. The van der Waals surface area contributed by atoms with Crippen molar-refractivity contribution in [1.29, 1.82) is 0 Å². The summed E-state index contributed by atoms with van der Waals surface area (Å²) in [6, 6.07) is 2.23. The minimum atomic E-state index is -0.586. The fraction of sp³-hybridized carbons (Fsp3) is 0.231. The molecule has 7 heteroatoms. The number of rotatable bonds is 3. The van der Waals surface area contributed by atoms with Crippen LogP contribution in [-0.4, -0.2) is 18.5 Å². The lowest BCUT2D eigenvalue weighted by Gasteiger charge is -2.06. The molecule has 0 radical (unpaired) electrons. The lowest BCUT2D eigenvalue weighted by atomic mass is 10.0. The zero-order chi connectivity index (χ0) is 14.7. The van der Waals surface area contributed by atoms with E-state index in [2.05, 4.69) is 9.98 Å². The maximum atomic E-state index is 13.6. The van der Waals surface area contributed by atoms with Crippen molar-refractivity contribution in [1.82, 2.24) is 0 Å². The van der Waals surface area contributed by atoms with Crippen molar-refractivity contribution in [2.75, 3.05) is 6.54 Å². The molecule has 0 unspecified atom stereocenters. The Bertz CT molecular complexity index is 615. The first-order valence-corrected chi connectivity index (χ1v) is 6.04. The van der Waals surface area contributed by atoms with Crippen molar-refractivity contribution in [3.8, 4) is 0 Å². The summed E-state index contributed by atoms with van der Waals surface area (Å²) in [6.45, 7) is 0.339. The minimum Gasteiger partial charge on any atom is -0.370 e. The van der Waals surface area contributed by atoms with Crippen LogP contribution < -0.4 is 17.2 Å². The molecular weight excluding hydrogens is 264 g/mol. The molecule has 0 aliphatic heterocycles. The third-order valence-electron chi connectivity index (χ3n) is 2.96. The summed E-state index contributed by atoms with van der Waals surface area (Å²) in [7, 11) is 0. The Morgan fingerprint density at radius 2 is 1.95 bits per heavy atom. The number of hydrogen-bond acceptors (Lipinski definition) is 1. The summed E-state index contributed by atoms with van der Waals surface area (Å²) < 4.78 is 26.8. The van der Waals surface area contributed by atoms with Crippen LogP contribution in [0.25, 0.3) is 5.57 Å². The van der Waals surface area contributed by atoms with Crippen LogP contribution in [0.3, 0.4) is 0 Å². The molecule has 5 nitrogen and oxygen atoms in total. The molecule has 0 saturated carbocycles. The van der Waals surface area contributed by atoms with Crippen molar-refractivity contribution in [3.05, 3.63) is 41.0 Å². The molecule has 0 aromatic heterocycles. The van der Waals surface area contributed by atoms with Gasteiger partial charge in [0, 0.05) is 12.6 Å². The van der Waals surface area contributed by atoms with Gasteiger partial charge in [0.05, 0.1) is 0 Å². The van der Waals surface area contributed by atoms with Gasteiger partial charge in [-0.3, -0.25) is 4.99 Å². The van der Waals surface area contributed by atoms with Crippen LogP contribution in [0.1, 0.15) is 17.5 Å². The number of fused-ring (bicyclic) bond motifs is 1. The number of guanidine groups is 2. The lowest BCUT2D eigenvalue weighted by molar-refractivity contribution is 0.575. The van der Waals surface area contributed by atoms with Crippen molar-refractivity contribution in [2.45, 2.75) is 12.8 Å². The predicted octanol–water partition coefficient (Wildman–Crippen LogP) is 0.883. The van der Waals surface area contributed by atoms with Crippen LogP contribution in [0.5, 0.6) is 0 Å². The van der Waals surface area contributed by atoms with Crippen molar-refractivity contribution in [3.63, 3.8) is 0 Å². The molecule has 0 spiro atoms. The van der Waals surface area contributed by atoms with Crippen LogP contribution in [0, 0.1) is 11.6 Å². The van der Waals surface area contributed by atoms with Gasteiger partial charge in [0.2, 0.25) is 5.96 Å². The third kappa shape index (κ3) is 3.11. The van der Waals surface area contributed by atoms with Crippen LogP contribution in [0.4, 0.5) is 8.78 Å². The SMILES string of the molecule is NC(N)=NC(N)=NCCC1=CCc2c(F)cc(F)cc21. The van der Waals surface area contributed by atoms with Gasteiger partial charge in [-0.2, -0.15) is 4.99 Å². The fourth-order valence-corrected chi connectivity index (χ4v) is 2.13. The largest absolute Gasteiger partial charge is 0.370 e. The molecule has 20 heavy (non-hydrogen) atoms. The van der Waals surface area contributed by atoms with Gasteiger partial charge in [0.15, 0.2) is 5.96 Å². The third-order valence-corrected chi connectivity index (χ3v) is 2.96. The van der Waals surface area contributed by atoms with Gasteiger partial charge < -0.3 is 17.2 Å². The van der Waals surface area contributed by atoms with E-state index in [-0.39, 0.29) is 11.9 Å². The van der Waals surface area contributed by atoms with Crippen LogP contribution >= 0.6 is 0 Å². The molecule has 0 saturated heterocycles. The average molecular weight is 279 g/mol. The van der Waals surface area contributed by atoms with E-state index < -0.39 is 11.6 Å². The van der Waals surface area contributed by atoms with E-state index in [9.17, 15) is 8.78 Å². The summed E-state index contributed by atoms with van der Waals surface area (Å²) in [4.78, 5) is 7.54. The van der Waals surface area contributed by atoms with E-state index in [0.29, 0.717) is 30.5 Å².